The second-order valence-electron chi connectivity index (χ2n) is 6.43. The summed E-state index contributed by atoms with van der Waals surface area (Å²) in [6.07, 6.45) is 0.610. The molecule has 4 aromatic rings. The maximum atomic E-state index is 10.5. The molecule has 3 aromatic carbocycles. The first-order valence-corrected chi connectivity index (χ1v) is 9.10. The van der Waals surface area contributed by atoms with Crippen LogP contribution in [0.15, 0.2) is 77.2 Å². The van der Waals surface area contributed by atoms with Gasteiger partial charge >= 0.3 is 5.97 Å². The Kier molecular flexibility index (Phi) is 5.06. The van der Waals surface area contributed by atoms with Gasteiger partial charge in [-0.2, -0.15) is 0 Å². The summed E-state index contributed by atoms with van der Waals surface area (Å²) in [7, 11) is 0. The number of hydrogen-bond donors (Lipinski definition) is 1. The molecule has 0 aliphatic carbocycles. The van der Waals surface area contributed by atoms with Crippen molar-refractivity contribution in [1.29, 1.82) is 0 Å². The number of aliphatic carboxylic acids is 1. The van der Waals surface area contributed by atoms with E-state index in [1.165, 1.54) is 0 Å². The Morgan fingerprint density at radius 3 is 2.21 bits per heavy atom. The van der Waals surface area contributed by atoms with Crippen LogP contribution in [0.1, 0.15) is 12.8 Å². The summed E-state index contributed by atoms with van der Waals surface area (Å²) in [6.45, 7) is 0.394. The van der Waals surface area contributed by atoms with Crippen molar-refractivity contribution >= 4 is 17.1 Å². The summed E-state index contributed by atoms with van der Waals surface area (Å²) in [5, 5.41) is 8.64. The number of benzene rings is 3. The zero-order valence-corrected chi connectivity index (χ0v) is 15.2. The van der Waals surface area contributed by atoms with Crippen molar-refractivity contribution in [3.8, 4) is 28.3 Å². The molecular formula is C23H19NO4. The van der Waals surface area contributed by atoms with Crippen LogP contribution >= 0.6 is 0 Å². The number of carbonyl (C=O) groups is 1. The van der Waals surface area contributed by atoms with Gasteiger partial charge in [-0.15, -0.1) is 0 Å². The third kappa shape index (κ3) is 4.04. The van der Waals surface area contributed by atoms with E-state index < -0.39 is 5.97 Å². The Morgan fingerprint density at radius 2 is 1.54 bits per heavy atom. The second-order valence-corrected chi connectivity index (χ2v) is 6.43. The van der Waals surface area contributed by atoms with Gasteiger partial charge in [-0.05, 0) is 53.9 Å². The normalized spacial score (nSPS) is 10.9. The lowest BCUT2D eigenvalue weighted by molar-refractivity contribution is -0.137. The summed E-state index contributed by atoms with van der Waals surface area (Å²) in [5.41, 5.74) is 4.71. The summed E-state index contributed by atoms with van der Waals surface area (Å²) < 4.78 is 11.4. The molecule has 28 heavy (non-hydrogen) atoms. The molecule has 0 atom stereocenters. The van der Waals surface area contributed by atoms with Crippen LogP contribution < -0.4 is 4.74 Å². The number of oxazole rings is 1. The van der Waals surface area contributed by atoms with Gasteiger partial charge in [-0.3, -0.25) is 4.79 Å². The lowest BCUT2D eigenvalue weighted by Gasteiger charge is -2.07. The van der Waals surface area contributed by atoms with Crippen LogP contribution in [0.3, 0.4) is 0 Å². The molecule has 0 bridgehead atoms. The largest absolute Gasteiger partial charge is 0.494 e. The summed E-state index contributed by atoms with van der Waals surface area (Å²) in [5.74, 6) is 0.537. The molecular weight excluding hydrogens is 354 g/mol. The van der Waals surface area contributed by atoms with Gasteiger partial charge in [0, 0.05) is 12.0 Å². The molecule has 5 nitrogen and oxygen atoms in total. The standard InChI is InChI=1S/C23H19NO4/c25-22(26)6-3-15-27-19-13-11-17(12-14-19)16-7-9-18(10-8-16)23-24-20-4-1-2-5-21(20)28-23/h1-2,4-5,7-14H,3,6,15H2,(H,25,26). The van der Waals surface area contributed by atoms with Crippen LogP contribution in [-0.4, -0.2) is 22.7 Å². The average Bonchev–Trinajstić information content (AvgIpc) is 3.16. The third-order valence-corrected chi connectivity index (χ3v) is 4.42. The number of para-hydroxylation sites is 2. The van der Waals surface area contributed by atoms with Gasteiger partial charge in [-0.25, -0.2) is 4.98 Å². The first-order chi connectivity index (χ1) is 13.7. The zero-order chi connectivity index (χ0) is 19.3. The van der Waals surface area contributed by atoms with Gasteiger partial charge in [0.1, 0.15) is 11.3 Å². The highest BCUT2D eigenvalue weighted by atomic mass is 16.5. The molecule has 0 amide bonds. The number of ether oxygens (including phenoxy) is 1. The van der Waals surface area contributed by atoms with Gasteiger partial charge in [0.2, 0.25) is 5.89 Å². The molecule has 0 fully saturated rings. The lowest BCUT2D eigenvalue weighted by atomic mass is 10.0. The van der Waals surface area contributed by atoms with E-state index in [4.69, 9.17) is 14.3 Å². The molecule has 5 heteroatoms. The minimum absolute atomic E-state index is 0.116. The smallest absolute Gasteiger partial charge is 0.303 e. The van der Waals surface area contributed by atoms with E-state index in [2.05, 4.69) is 4.98 Å². The molecule has 0 saturated carbocycles. The summed E-state index contributed by atoms with van der Waals surface area (Å²) in [6, 6.07) is 23.5. The Balaban J connectivity index is 1.44. The first-order valence-electron chi connectivity index (χ1n) is 9.10. The van der Waals surface area contributed by atoms with Crippen LogP contribution in [0.5, 0.6) is 5.75 Å². The second kappa shape index (κ2) is 7.96. The molecule has 140 valence electrons. The van der Waals surface area contributed by atoms with Crippen molar-refractivity contribution in [2.24, 2.45) is 0 Å². The van der Waals surface area contributed by atoms with E-state index in [0.717, 1.165) is 33.5 Å². The minimum Gasteiger partial charge on any atom is -0.494 e. The molecule has 0 aliphatic heterocycles. The predicted molar refractivity (Wildman–Crippen MR) is 107 cm³/mol. The van der Waals surface area contributed by atoms with Gasteiger partial charge in [0.05, 0.1) is 6.61 Å². The fourth-order valence-corrected chi connectivity index (χ4v) is 2.96. The molecule has 0 aliphatic rings. The monoisotopic (exact) mass is 373 g/mol. The molecule has 0 saturated heterocycles. The van der Waals surface area contributed by atoms with Crippen molar-refractivity contribution in [2.75, 3.05) is 6.61 Å². The molecule has 1 aromatic heterocycles. The van der Waals surface area contributed by atoms with Crippen LogP contribution in [0.4, 0.5) is 0 Å². The number of rotatable bonds is 7. The Hall–Kier alpha value is -3.60. The summed E-state index contributed by atoms with van der Waals surface area (Å²) in [4.78, 5) is 15.0. The van der Waals surface area contributed by atoms with E-state index in [1.807, 2.05) is 72.8 Å². The van der Waals surface area contributed by atoms with Crippen molar-refractivity contribution in [1.82, 2.24) is 4.98 Å². The van der Waals surface area contributed by atoms with Crippen LogP contribution in [0.25, 0.3) is 33.7 Å². The van der Waals surface area contributed by atoms with Crippen molar-refractivity contribution in [2.45, 2.75) is 12.8 Å². The van der Waals surface area contributed by atoms with E-state index in [-0.39, 0.29) is 6.42 Å². The maximum absolute atomic E-state index is 10.5. The Bertz CT molecular complexity index is 1050. The number of nitrogens with zero attached hydrogens (tertiary/aromatic N) is 1. The summed E-state index contributed by atoms with van der Waals surface area (Å²) >= 11 is 0. The first kappa shape index (κ1) is 17.8. The highest BCUT2D eigenvalue weighted by Crippen LogP contribution is 2.28. The van der Waals surface area contributed by atoms with Crippen LogP contribution in [-0.2, 0) is 4.79 Å². The van der Waals surface area contributed by atoms with E-state index in [9.17, 15) is 4.79 Å². The lowest BCUT2D eigenvalue weighted by Crippen LogP contribution is -2.01. The molecule has 0 unspecified atom stereocenters. The SMILES string of the molecule is O=C(O)CCCOc1ccc(-c2ccc(-c3nc4ccccc4o3)cc2)cc1. The quantitative estimate of drug-likeness (QED) is 0.439. The Morgan fingerprint density at radius 1 is 0.893 bits per heavy atom. The molecule has 0 spiro atoms. The van der Waals surface area contributed by atoms with E-state index in [0.29, 0.717) is 18.9 Å². The molecule has 0 radical (unpaired) electrons. The fraction of sp³-hybridized carbons (Fsp3) is 0.130. The number of aromatic nitrogens is 1. The van der Waals surface area contributed by atoms with Gasteiger partial charge in [0.15, 0.2) is 5.58 Å². The maximum Gasteiger partial charge on any atom is 0.303 e. The van der Waals surface area contributed by atoms with Crippen LogP contribution in [0, 0.1) is 0 Å². The highest BCUT2D eigenvalue weighted by Gasteiger charge is 2.08. The van der Waals surface area contributed by atoms with Crippen molar-refractivity contribution < 1.29 is 19.1 Å². The number of carboxylic acid groups (broad SMARTS) is 1. The minimum atomic E-state index is -0.805. The highest BCUT2D eigenvalue weighted by molar-refractivity contribution is 5.76. The number of carboxylic acids is 1. The van der Waals surface area contributed by atoms with Gasteiger partial charge in [-0.1, -0.05) is 36.4 Å². The predicted octanol–water partition coefficient (Wildman–Crippen LogP) is 5.41. The molecule has 1 heterocycles. The van der Waals surface area contributed by atoms with E-state index in [1.54, 1.807) is 0 Å². The van der Waals surface area contributed by atoms with Crippen molar-refractivity contribution in [3.63, 3.8) is 0 Å². The molecule has 4 rings (SSSR count). The topological polar surface area (TPSA) is 72.6 Å². The van der Waals surface area contributed by atoms with Gasteiger partial charge in [0.25, 0.3) is 0 Å². The third-order valence-electron chi connectivity index (χ3n) is 4.42. The van der Waals surface area contributed by atoms with Crippen molar-refractivity contribution in [3.05, 3.63) is 72.8 Å². The van der Waals surface area contributed by atoms with Crippen LogP contribution in [0.2, 0.25) is 0 Å². The zero-order valence-electron chi connectivity index (χ0n) is 15.2. The number of hydrogen-bond acceptors (Lipinski definition) is 4. The fourth-order valence-electron chi connectivity index (χ4n) is 2.96. The Labute approximate surface area is 162 Å². The van der Waals surface area contributed by atoms with Gasteiger partial charge < -0.3 is 14.3 Å². The average molecular weight is 373 g/mol. The number of fused-ring (bicyclic) bond motifs is 1. The van der Waals surface area contributed by atoms with E-state index >= 15 is 0 Å². The molecule has 1 N–H and O–H groups in total.